The van der Waals surface area contributed by atoms with Crippen LogP contribution in [0.15, 0.2) is 57.9 Å². The minimum Gasteiger partial charge on any atom is -0.381 e. The average Bonchev–Trinajstić information content (AvgIpc) is 2.45. The predicted molar refractivity (Wildman–Crippen MR) is 84.2 cm³/mol. The van der Waals surface area contributed by atoms with Gasteiger partial charge in [0.25, 0.3) is 0 Å². The van der Waals surface area contributed by atoms with Gasteiger partial charge in [-0.25, -0.2) is 13.1 Å². The lowest BCUT2D eigenvalue weighted by Crippen LogP contribution is -2.18. The first-order valence-corrected chi connectivity index (χ1v) is 8.31. The highest BCUT2D eigenvalue weighted by molar-refractivity contribution is 9.10. The third-order valence-electron chi connectivity index (χ3n) is 2.80. The molecule has 0 aliphatic rings. The number of hydrogen-bond acceptors (Lipinski definition) is 3. The molecule has 0 saturated heterocycles. The van der Waals surface area contributed by atoms with E-state index in [2.05, 4.69) is 26.0 Å². The van der Waals surface area contributed by atoms with E-state index in [4.69, 9.17) is 0 Å². The van der Waals surface area contributed by atoms with Gasteiger partial charge in [-0.3, -0.25) is 0 Å². The Morgan fingerprint density at radius 1 is 1.10 bits per heavy atom. The van der Waals surface area contributed by atoms with E-state index in [0.29, 0.717) is 6.54 Å². The number of rotatable bonds is 5. The molecule has 0 spiro atoms. The summed E-state index contributed by atoms with van der Waals surface area (Å²) in [6.07, 6.45) is 0. The summed E-state index contributed by atoms with van der Waals surface area (Å²) in [4.78, 5) is 0.249. The van der Waals surface area contributed by atoms with Crippen LogP contribution in [-0.4, -0.2) is 15.5 Å². The maximum absolute atomic E-state index is 11.7. The van der Waals surface area contributed by atoms with Gasteiger partial charge in [0.15, 0.2) is 0 Å². The van der Waals surface area contributed by atoms with Crippen LogP contribution in [0.3, 0.4) is 0 Å². The van der Waals surface area contributed by atoms with Crippen LogP contribution in [0.4, 0.5) is 5.69 Å². The van der Waals surface area contributed by atoms with Gasteiger partial charge in [0, 0.05) is 16.7 Å². The number of halogens is 1. The van der Waals surface area contributed by atoms with Crippen molar-refractivity contribution in [3.8, 4) is 0 Å². The van der Waals surface area contributed by atoms with Crippen LogP contribution in [0.2, 0.25) is 0 Å². The van der Waals surface area contributed by atoms with Gasteiger partial charge in [0.2, 0.25) is 10.0 Å². The van der Waals surface area contributed by atoms with Crippen molar-refractivity contribution < 1.29 is 8.42 Å². The van der Waals surface area contributed by atoms with Crippen molar-refractivity contribution >= 4 is 31.6 Å². The Morgan fingerprint density at radius 3 is 2.55 bits per heavy atom. The number of sulfonamides is 1. The zero-order valence-electron chi connectivity index (χ0n) is 10.9. The molecule has 2 aromatic rings. The zero-order valence-corrected chi connectivity index (χ0v) is 13.3. The number of benzene rings is 2. The summed E-state index contributed by atoms with van der Waals surface area (Å²) in [5.74, 6) is 0. The lowest BCUT2D eigenvalue weighted by molar-refractivity contribution is 0.588. The summed E-state index contributed by atoms with van der Waals surface area (Å²) < 4.78 is 26.8. The van der Waals surface area contributed by atoms with Crippen molar-refractivity contribution in [2.75, 3.05) is 12.4 Å². The van der Waals surface area contributed by atoms with Gasteiger partial charge in [0.05, 0.1) is 4.90 Å². The van der Waals surface area contributed by atoms with Gasteiger partial charge in [-0.2, -0.15) is 0 Å². The first-order chi connectivity index (χ1) is 9.51. The molecular formula is C14H15BrN2O2S. The maximum atomic E-state index is 11.7. The van der Waals surface area contributed by atoms with Crippen molar-refractivity contribution in [1.82, 2.24) is 4.72 Å². The molecule has 2 aromatic carbocycles. The standard InChI is InChI=1S/C14H15BrN2O2S/c1-16-20(18,19)14-7-3-6-13(9-14)17-10-11-4-2-5-12(15)8-11/h2-9,16-17H,10H2,1H3. The van der Waals surface area contributed by atoms with Gasteiger partial charge in [-0.1, -0.05) is 34.1 Å². The molecule has 106 valence electrons. The maximum Gasteiger partial charge on any atom is 0.240 e. The van der Waals surface area contributed by atoms with E-state index in [-0.39, 0.29) is 4.90 Å². The third-order valence-corrected chi connectivity index (χ3v) is 4.70. The first kappa shape index (κ1) is 15.0. The normalized spacial score (nSPS) is 11.3. The summed E-state index contributed by atoms with van der Waals surface area (Å²) in [7, 11) is -2.01. The SMILES string of the molecule is CNS(=O)(=O)c1cccc(NCc2cccc(Br)c2)c1. The summed E-state index contributed by atoms with van der Waals surface area (Å²) in [5, 5.41) is 3.21. The third kappa shape index (κ3) is 3.82. The van der Waals surface area contributed by atoms with Crippen molar-refractivity contribution in [3.63, 3.8) is 0 Å². The second-order valence-corrected chi connectivity index (χ2v) is 7.02. The molecule has 2 rings (SSSR count). The van der Waals surface area contributed by atoms with Gasteiger partial charge in [-0.15, -0.1) is 0 Å². The molecule has 4 nitrogen and oxygen atoms in total. The molecule has 6 heteroatoms. The van der Waals surface area contributed by atoms with Crippen LogP contribution >= 0.6 is 15.9 Å². The molecule has 2 N–H and O–H groups in total. The molecular weight excluding hydrogens is 340 g/mol. The van der Waals surface area contributed by atoms with Gasteiger partial charge < -0.3 is 5.32 Å². The average molecular weight is 355 g/mol. The topological polar surface area (TPSA) is 58.2 Å². The van der Waals surface area contributed by atoms with Gasteiger partial charge in [0.1, 0.15) is 0 Å². The van der Waals surface area contributed by atoms with Crippen LogP contribution in [0, 0.1) is 0 Å². The Balaban J connectivity index is 2.13. The predicted octanol–water partition coefficient (Wildman–Crippen LogP) is 2.97. The molecule has 0 aliphatic carbocycles. The number of nitrogens with one attached hydrogen (secondary N) is 2. The Kier molecular flexibility index (Phi) is 4.80. The Morgan fingerprint density at radius 2 is 1.85 bits per heavy atom. The molecule has 0 aromatic heterocycles. The smallest absolute Gasteiger partial charge is 0.240 e. The van der Waals surface area contributed by atoms with Crippen LogP contribution in [0.5, 0.6) is 0 Å². The molecule has 0 aliphatic heterocycles. The molecule has 0 heterocycles. The van der Waals surface area contributed by atoms with Crippen LogP contribution in [0.25, 0.3) is 0 Å². The van der Waals surface area contributed by atoms with E-state index in [9.17, 15) is 8.42 Å². The Bertz CT molecular complexity index is 702. The van der Waals surface area contributed by atoms with E-state index in [0.717, 1.165) is 15.7 Å². The van der Waals surface area contributed by atoms with E-state index < -0.39 is 10.0 Å². The largest absolute Gasteiger partial charge is 0.381 e. The molecule has 0 bridgehead atoms. The number of hydrogen-bond donors (Lipinski definition) is 2. The van der Waals surface area contributed by atoms with Crippen LogP contribution < -0.4 is 10.0 Å². The van der Waals surface area contributed by atoms with Crippen molar-refractivity contribution in [1.29, 1.82) is 0 Å². The molecule has 0 atom stereocenters. The van der Waals surface area contributed by atoms with E-state index in [1.54, 1.807) is 18.2 Å². The number of anilines is 1. The fourth-order valence-electron chi connectivity index (χ4n) is 1.74. The van der Waals surface area contributed by atoms with E-state index in [1.807, 2.05) is 30.3 Å². The Labute approximate surface area is 127 Å². The second-order valence-electron chi connectivity index (χ2n) is 4.22. The van der Waals surface area contributed by atoms with Crippen LogP contribution in [0.1, 0.15) is 5.56 Å². The molecule has 0 amide bonds. The molecule has 0 fully saturated rings. The highest BCUT2D eigenvalue weighted by Crippen LogP contribution is 2.17. The van der Waals surface area contributed by atoms with Crippen molar-refractivity contribution in [2.24, 2.45) is 0 Å². The quantitative estimate of drug-likeness (QED) is 0.867. The van der Waals surface area contributed by atoms with Crippen LogP contribution in [-0.2, 0) is 16.6 Å². The molecule has 20 heavy (non-hydrogen) atoms. The summed E-state index contributed by atoms with van der Waals surface area (Å²) >= 11 is 3.42. The zero-order chi connectivity index (χ0) is 14.6. The summed E-state index contributed by atoms with van der Waals surface area (Å²) in [6.45, 7) is 0.627. The molecule has 0 saturated carbocycles. The monoisotopic (exact) mass is 354 g/mol. The highest BCUT2D eigenvalue weighted by atomic mass is 79.9. The highest BCUT2D eigenvalue weighted by Gasteiger charge is 2.11. The Hall–Kier alpha value is -1.37. The van der Waals surface area contributed by atoms with E-state index >= 15 is 0 Å². The van der Waals surface area contributed by atoms with Crippen molar-refractivity contribution in [2.45, 2.75) is 11.4 Å². The molecule has 0 unspecified atom stereocenters. The second kappa shape index (κ2) is 6.39. The lowest BCUT2D eigenvalue weighted by atomic mass is 10.2. The lowest BCUT2D eigenvalue weighted by Gasteiger charge is -2.09. The fourth-order valence-corrected chi connectivity index (χ4v) is 2.96. The fraction of sp³-hybridized carbons (Fsp3) is 0.143. The summed E-state index contributed by atoms with van der Waals surface area (Å²) in [5.41, 5.74) is 1.88. The van der Waals surface area contributed by atoms with Crippen molar-refractivity contribution in [3.05, 3.63) is 58.6 Å². The minimum atomic E-state index is -3.41. The minimum absolute atomic E-state index is 0.249. The van der Waals surface area contributed by atoms with E-state index in [1.165, 1.54) is 7.05 Å². The first-order valence-electron chi connectivity index (χ1n) is 6.03. The summed E-state index contributed by atoms with van der Waals surface area (Å²) in [6, 6.07) is 14.7. The van der Waals surface area contributed by atoms with Gasteiger partial charge in [-0.05, 0) is 42.9 Å². The van der Waals surface area contributed by atoms with Gasteiger partial charge >= 0.3 is 0 Å². The molecule has 0 radical (unpaired) electrons.